The van der Waals surface area contributed by atoms with Gasteiger partial charge in [-0.1, -0.05) is 17.7 Å². The predicted octanol–water partition coefficient (Wildman–Crippen LogP) is 1.49. The van der Waals surface area contributed by atoms with Crippen LogP contribution in [0.3, 0.4) is 0 Å². The summed E-state index contributed by atoms with van der Waals surface area (Å²) in [5.41, 5.74) is 1.21. The molecule has 1 aliphatic carbocycles. The minimum Gasteiger partial charge on any atom is -0.491 e. The van der Waals surface area contributed by atoms with Crippen LogP contribution in [0, 0.1) is 6.92 Å². The Morgan fingerprint density at radius 3 is 2.69 bits per heavy atom. The second-order valence-corrected chi connectivity index (χ2v) is 4.46. The molecular weight excluding hydrogens is 202 g/mol. The van der Waals surface area contributed by atoms with Gasteiger partial charge in [0, 0.05) is 12.6 Å². The van der Waals surface area contributed by atoms with E-state index >= 15 is 0 Å². The van der Waals surface area contributed by atoms with Crippen molar-refractivity contribution >= 4 is 0 Å². The van der Waals surface area contributed by atoms with E-state index in [-0.39, 0.29) is 0 Å². The molecule has 0 bridgehead atoms. The number of aryl methyl sites for hydroxylation is 1. The predicted molar refractivity (Wildman–Crippen MR) is 63.7 cm³/mol. The molecule has 0 aromatic heterocycles. The molecule has 0 heterocycles. The van der Waals surface area contributed by atoms with E-state index in [4.69, 9.17) is 4.74 Å². The van der Waals surface area contributed by atoms with E-state index in [1.807, 2.05) is 31.2 Å². The highest BCUT2D eigenvalue weighted by Crippen LogP contribution is 2.18. The Hall–Kier alpha value is -1.06. The van der Waals surface area contributed by atoms with Crippen molar-refractivity contribution in [2.75, 3.05) is 13.2 Å². The van der Waals surface area contributed by atoms with Gasteiger partial charge in [-0.05, 0) is 31.9 Å². The van der Waals surface area contributed by atoms with E-state index < -0.39 is 6.10 Å². The molecule has 0 saturated heterocycles. The number of nitrogens with one attached hydrogen (secondary N) is 1. The summed E-state index contributed by atoms with van der Waals surface area (Å²) in [6, 6.07) is 8.50. The SMILES string of the molecule is Cc1ccc(OC[C@H](O)CNC2CC2)cc1. The molecule has 16 heavy (non-hydrogen) atoms. The zero-order chi connectivity index (χ0) is 11.4. The molecule has 3 nitrogen and oxygen atoms in total. The van der Waals surface area contributed by atoms with Crippen LogP contribution in [0.2, 0.25) is 0 Å². The molecule has 2 rings (SSSR count). The second-order valence-electron chi connectivity index (χ2n) is 4.46. The number of hydrogen-bond acceptors (Lipinski definition) is 3. The topological polar surface area (TPSA) is 41.5 Å². The summed E-state index contributed by atoms with van der Waals surface area (Å²) in [5, 5.41) is 12.9. The van der Waals surface area contributed by atoms with E-state index in [9.17, 15) is 5.11 Å². The molecule has 88 valence electrons. The lowest BCUT2D eigenvalue weighted by Gasteiger charge is -2.13. The van der Waals surface area contributed by atoms with E-state index in [1.165, 1.54) is 18.4 Å². The first kappa shape index (κ1) is 11.4. The Morgan fingerprint density at radius 1 is 1.38 bits per heavy atom. The number of aliphatic hydroxyl groups is 1. The Morgan fingerprint density at radius 2 is 2.06 bits per heavy atom. The first-order valence-corrected chi connectivity index (χ1v) is 5.85. The van der Waals surface area contributed by atoms with Crippen LogP contribution in [0.1, 0.15) is 18.4 Å². The van der Waals surface area contributed by atoms with Gasteiger partial charge >= 0.3 is 0 Å². The van der Waals surface area contributed by atoms with Crippen LogP contribution < -0.4 is 10.1 Å². The Balaban J connectivity index is 1.67. The maximum atomic E-state index is 9.65. The van der Waals surface area contributed by atoms with E-state index in [1.54, 1.807) is 0 Å². The van der Waals surface area contributed by atoms with Crippen molar-refractivity contribution in [3.05, 3.63) is 29.8 Å². The standard InChI is InChI=1S/C13H19NO2/c1-10-2-6-13(7-3-10)16-9-12(15)8-14-11-4-5-11/h2-3,6-7,11-12,14-15H,4-5,8-9H2,1H3/t12-/m1/s1. The van der Waals surface area contributed by atoms with E-state index in [0.717, 1.165) is 5.75 Å². The molecule has 1 aromatic rings. The molecule has 1 saturated carbocycles. The summed E-state index contributed by atoms with van der Waals surface area (Å²) < 4.78 is 5.49. The molecule has 0 unspecified atom stereocenters. The summed E-state index contributed by atoms with van der Waals surface area (Å²) in [6.45, 7) is 3.01. The van der Waals surface area contributed by atoms with Crippen LogP contribution in [0.15, 0.2) is 24.3 Å². The van der Waals surface area contributed by atoms with Crippen LogP contribution in [-0.2, 0) is 0 Å². The Labute approximate surface area is 96.4 Å². The monoisotopic (exact) mass is 221 g/mol. The lowest BCUT2D eigenvalue weighted by Crippen LogP contribution is -2.32. The van der Waals surface area contributed by atoms with Crippen molar-refractivity contribution in [2.45, 2.75) is 31.9 Å². The zero-order valence-corrected chi connectivity index (χ0v) is 9.65. The smallest absolute Gasteiger partial charge is 0.119 e. The summed E-state index contributed by atoms with van der Waals surface area (Å²) in [4.78, 5) is 0. The van der Waals surface area contributed by atoms with Gasteiger partial charge in [0.05, 0.1) is 0 Å². The average molecular weight is 221 g/mol. The lowest BCUT2D eigenvalue weighted by atomic mass is 10.2. The fourth-order valence-corrected chi connectivity index (χ4v) is 1.48. The van der Waals surface area contributed by atoms with Crippen molar-refractivity contribution in [2.24, 2.45) is 0 Å². The molecular formula is C13H19NO2. The third-order valence-corrected chi connectivity index (χ3v) is 2.68. The summed E-state index contributed by atoms with van der Waals surface area (Å²) in [6.07, 6.45) is 2.05. The molecule has 1 aliphatic rings. The van der Waals surface area contributed by atoms with Crippen LogP contribution in [0.5, 0.6) is 5.75 Å². The molecule has 0 radical (unpaired) electrons. The van der Waals surface area contributed by atoms with Crippen molar-refractivity contribution in [3.63, 3.8) is 0 Å². The third-order valence-electron chi connectivity index (χ3n) is 2.68. The second kappa shape index (κ2) is 5.32. The molecule has 1 atom stereocenters. The minimum atomic E-state index is -0.429. The number of aliphatic hydroxyl groups excluding tert-OH is 1. The highest BCUT2D eigenvalue weighted by molar-refractivity contribution is 5.26. The summed E-state index contributed by atoms with van der Waals surface area (Å²) >= 11 is 0. The van der Waals surface area contributed by atoms with Crippen LogP contribution >= 0.6 is 0 Å². The molecule has 3 heteroatoms. The van der Waals surface area contributed by atoms with E-state index in [2.05, 4.69) is 5.32 Å². The van der Waals surface area contributed by atoms with Gasteiger partial charge in [0.25, 0.3) is 0 Å². The lowest BCUT2D eigenvalue weighted by molar-refractivity contribution is 0.106. The fraction of sp³-hybridized carbons (Fsp3) is 0.538. The van der Waals surface area contributed by atoms with Gasteiger partial charge in [0.15, 0.2) is 0 Å². The van der Waals surface area contributed by atoms with Crippen molar-refractivity contribution in [3.8, 4) is 5.75 Å². The van der Waals surface area contributed by atoms with Gasteiger partial charge in [-0.3, -0.25) is 0 Å². The zero-order valence-electron chi connectivity index (χ0n) is 9.65. The maximum Gasteiger partial charge on any atom is 0.119 e. The Kier molecular flexibility index (Phi) is 3.80. The fourth-order valence-electron chi connectivity index (χ4n) is 1.48. The van der Waals surface area contributed by atoms with E-state index in [0.29, 0.717) is 19.2 Å². The first-order valence-electron chi connectivity index (χ1n) is 5.85. The maximum absolute atomic E-state index is 9.65. The average Bonchev–Trinajstić information content (AvgIpc) is 3.09. The van der Waals surface area contributed by atoms with Gasteiger partial charge in [-0.15, -0.1) is 0 Å². The highest BCUT2D eigenvalue weighted by Gasteiger charge is 2.21. The number of hydrogen-bond donors (Lipinski definition) is 2. The van der Waals surface area contributed by atoms with Gasteiger partial charge < -0.3 is 15.2 Å². The normalized spacial score (nSPS) is 17.1. The van der Waals surface area contributed by atoms with Crippen molar-refractivity contribution < 1.29 is 9.84 Å². The summed E-state index contributed by atoms with van der Waals surface area (Å²) in [7, 11) is 0. The largest absolute Gasteiger partial charge is 0.491 e. The van der Waals surface area contributed by atoms with Crippen molar-refractivity contribution in [1.29, 1.82) is 0 Å². The molecule has 1 aromatic carbocycles. The molecule has 1 fully saturated rings. The summed E-state index contributed by atoms with van der Waals surface area (Å²) in [5.74, 6) is 0.816. The van der Waals surface area contributed by atoms with Crippen LogP contribution in [0.25, 0.3) is 0 Å². The molecule has 0 amide bonds. The molecule has 0 spiro atoms. The molecule has 2 N–H and O–H groups in total. The van der Waals surface area contributed by atoms with Gasteiger partial charge in [-0.2, -0.15) is 0 Å². The Bertz CT molecular complexity index is 319. The number of benzene rings is 1. The van der Waals surface area contributed by atoms with Crippen LogP contribution in [0.4, 0.5) is 0 Å². The minimum absolute atomic E-state index is 0.350. The van der Waals surface area contributed by atoms with Crippen LogP contribution in [-0.4, -0.2) is 30.4 Å². The number of rotatable bonds is 6. The first-order chi connectivity index (χ1) is 7.74. The van der Waals surface area contributed by atoms with Gasteiger partial charge in [0.2, 0.25) is 0 Å². The molecule has 0 aliphatic heterocycles. The van der Waals surface area contributed by atoms with Gasteiger partial charge in [-0.25, -0.2) is 0 Å². The quantitative estimate of drug-likeness (QED) is 0.764. The van der Waals surface area contributed by atoms with Crippen molar-refractivity contribution in [1.82, 2.24) is 5.32 Å². The van der Waals surface area contributed by atoms with Gasteiger partial charge in [0.1, 0.15) is 18.5 Å². The third kappa shape index (κ3) is 3.83. The number of ether oxygens (including phenoxy) is 1. The highest BCUT2D eigenvalue weighted by atomic mass is 16.5.